The molecular formula is C18H14ClN3O3S. The summed E-state index contributed by atoms with van der Waals surface area (Å²) in [6.45, 7) is 0. The molecule has 0 fully saturated rings. The lowest BCUT2D eigenvalue weighted by Crippen LogP contribution is -2.26. The first-order valence-corrected chi connectivity index (χ1v) is 9.57. The number of pyridine rings is 1. The topological polar surface area (TPSA) is 86.0 Å². The molecule has 26 heavy (non-hydrogen) atoms. The summed E-state index contributed by atoms with van der Waals surface area (Å²) < 4.78 is 27.2. The number of halogens is 1. The van der Waals surface area contributed by atoms with E-state index in [0.29, 0.717) is 32.5 Å². The zero-order chi connectivity index (χ0) is 18.5. The Morgan fingerprint density at radius 1 is 1.04 bits per heavy atom. The number of hydrogen-bond acceptors (Lipinski definition) is 3. The molecule has 8 heteroatoms. The molecule has 0 saturated carbocycles. The molecule has 0 saturated heterocycles. The molecule has 0 spiro atoms. The molecule has 6 nitrogen and oxygen atoms in total. The van der Waals surface area contributed by atoms with Gasteiger partial charge in [-0.25, -0.2) is 8.42 Å². The summed E-state index contributed by atoms with van der Waals surface area (Å²) in [4.78, 5) is 17.8. The van der Waals surface area contributed by atoms with Crippen LogP contribution in [-0.4, -0.2) is 25.4 Å². The van der Waals surface area contributed by atoms with Gasteiger partial charge in [0.05, 0.1) is 10.6 Å². The highest BCUT2D eigenvalue weighted by atomic mass is 35.5. The number of nitrogens with one attached hydrogen (secondary N) is 2. The van der Waals surface area contributed by atoms with Crippen LogP contribution in [0.4, 0.5) is 5.69 Å². The van der Waals surface area contributed by atoms with Crippen LogP contribution in [-0.2, 0) is 10.0 Å². The van der Waals surface area contributed by atoms with E-state index in [4.69, 9.17) is 11.6 Å². The summed E-state index contributed by atoms with van der Waals surface area (Å²) in [5.74, 6) is 0. The van der Waals surface area contributed by atoms with Crippen molar-refractivity contribution in [3.8, 4) is 0 Å². The van der Waals surface area contributed by atoms with Gasteiger partial charge in [0.15, 0.2) is 0 Å². The molecule has 0 amide bonds. The van der Waals surface area contributed by atoms with E-state index in [0.717, 1.165) is 0 Å². The lowest BCUT2D eigenvalue weighted by atomic mass is 10.1. The summed E-state index contributed by atoms with van der Waals surface area (Å²) in [5.41, 5.74) is 1.21. The summed E-state index contributed by atoms with van der Waals surface area (Å²) in [5, 5.41) is 1.78. The predicted octanol–water partition coefficient (Wildman–Crippen LogP) is 3.49. The first kappa shape index (κ1) is 16.7. The van der Waals surface area contributed by atoms with E-state index in [2.05, 4.69) is 9.97 Å². The third-order valence-electron chi connectivity index (χ3n) is 4.33. The number of aromatic nitrogens is 2. The molecule has 4 aromatic rings. The Morgan fingerprint density at radius 3 is 2.62 bits per heavy atom. The van der Waals surface area contributed by atoms with Gasteiger partial charge in [0.1, 0.15) is 5.52 Å². The van der Waals surface area contributed by atoms with Crippen LogP contribution in [0.25, 0.3) is 21.8 Å². The maximum atomic E-state index is 13.0. The minimum atomic E-state index is -3.79. The highest BCUT2D eigenvalue weighted by Crippen LogP contribution is 2.28. The molecule has 0 aliphatic carbocycles. The molecule has 2 heterocycles. The second-order valence-electron chi connectivity index (χ2n) is 5.88. The Balaban J connectivity index is 1.90. The fourth-order valence-corrected chi connectivity index (χ4v) is 4.35. The van der Waals surface area contributed by atoms with Gasteiger partial charge in [0.25, 0.3) is 15.6 Å². The predicted molar refractivity (Wildman–Crippen MR) is 103 cm³/mol. The van der Waals surface area contributed by atoms with Crippen molar-refractivity contribution < 1.29 is 8.42 Å². The summed E-state index contributed by atoms with van der Waals surface area (Å²) in [7, 11) is -2.31. The van der Waals surface area contributed by atoms with Crippen molar-refractivity contribution in [3.63, 3.8) is 0 Å². The Hall–Kier alpha value is -2.77. The van der Waals surface area contributed by atoms with Crippen molar-refractivity contribution >= 4 is 49.1 Å². The molecule has 0 radical (unpaired) electrons. The highest BCUT2D eigenvalue weighted by molar-refractivity contribution is 7.92. The summed E-state index contributed by atoms with van der Waals surface area (Å²) in [6, 6.07) is 13.0. The van der Waals surface area contributed by atoms with Crippen molar-refractivity contribution in [1.29, 1.82) is 0 Å². The molecular weight excluding hydrogens is 374 g/mol. The van der Waals surface area contributed by atoms with Crippen LogP contribution in [0.1, 0.15) is 0 Å². The van der Waals surface area contributed by atoms with Gasteiger partial charge in [-0.05, 0) is 42.5 Å². The Bertz CT molecular complexity index is 1310. The molecule has 0 aliphatic heterocycles. The van der Waals surface area contributed by atoms with Gasteiger partial charge in [-0.1, -0.05) is 17.7 Å². The second-order valence-corrected chi connectivity index (χ2v) is 8.29. The van der Waals surface area contributed by atoms with Crippen LogP contribution in [0, 0.1) is 0 Å². The van der Waals surface area contributed by atoms with E-state index in [-0.39, 0.29) is 10.5 Å². The molecule has 0 bridgehead atoms. The molecule has 4 rings (SSSR count). The SMILES string of the molecule is CN(c1cccc(Cl)c1)S(=O)(=O)c1ccc2[nH]c(=O)c3[nH]ccc3c2c1. The van der Waals surface area contributed by atoms with E-state index in [1.165, 1.54) is 17.4 Å². The Morgan fingerprint density at radius 2 is 1.85 bits per heavy atom. The van der Waals surface area contributed by atoms with Gasteiger partial charge in [-0.15, -0.1) is 0 Å². The lowest BCUT2D eigenvalue weighted by Gasteiger charge is -2.20. The zero-order valence-electron chi connectivity index (χ0n) is 13.7. The number of benzene rings is 2. The number of H-pyrrole nitrogens is 2. The van der Waals surface area contributed by atoms with Crippen LogP contribution >= 0.6 is 11.6 Å². The van der Waals surface area contributed by atoms with E-state index in [9.17, 15) is 13.2 Å². The fraction of sp³-hybridized carbons (Fsp3) is 0.0556. The molecule has 2 aromatic heterocycles. The number of anilines is 1. The van der Waals surface area contributed by atoms with Crippen LogP contribution in [0.5, 0.6) is 0 Å². The minimum absolute atomic E-state index is 0.127. The lowest BCUT2D eigenvalue weighted by molar-refractivity contribution is 0.594. The normalized spacial score (nSPS) is 11.9. The summed E-state index contributed by atoms with van der Waals surface area (Å²) in [6.07, 6.45) is 1.65. The smallest absolute Gasteiger partial charge is 0.272 e. The van der Waals surface area contributed by atoms with Gasteiger partial charge >= 0.3 is 0 Å². The number of rotatable bonds is 3. The molecule has 0 unspecified atom stereocenters. The van der Waals surface area contributed by atoms with Crippen molar-refractivity contribution in [1.82, 2.24) is 9.97 Å². The standard InChI is InChI=1S/C18H14ClN3O3S/c1-22(12-4-2-3-11(19)9-12)26(24,25)13-5-6-16-15(10-13)14-7-8-20-17(14)18(23)21-16/h2-10,20H,1H3,(H,21,23). The van der Waals surface area contributed by atoms with Crippen LogP contribution in [0.2, 0.25) is 5.02 Å². The molecule has 2 N–H and O–H groups in total. The second kappa shape index (κ2) is 5.89. The largest absolute Gasteiger partial charge is 0.357 e. The van der Waals surface area contributed by atoms with Gasteiger partial charge in [0.2, 0.25) is 0 Å². The first-order valence-electron chi connectivity index (χ1n) is 7.75. The third kappa shape index (κ3) is 2.56. The Labute approximate surface area is 154 Å². The maximum Gasteiger partial charge on any atom is 0.272 e. The number of aromatic amines is 2. The molecule has 0 atom stereocenters. The average Bonchev–Trinajstić information content (AvgIpc) is 3.11. The van der Waals surface area contributed by atoms with Crippen LogP contribution in [0.3, 0.4) is 0 Å². The van der Waals surface area contributed by atoms with E-state index in [1.807, 2.05) is 0 Å². The average molecular weight is 388 g/mol. The van der Waals surface area contributed by atoms with Crippen molar-refractivity contribution in [2.75, 3.05) is 11.4 Å². The van der Waals surface area contributed by atoms with Gasteiger partial charge in [-0.2, -0.15) is 0 Å². The maximum absolute atomic E-state index is 13.0. The number of fused-ring (bicyclic) bond motifs is 3. The minimum Gasteiger partial charge on any atom is -0.357 e. The molecule has 2 aromatic carbocycles. The third-order valence-corrected chi connectivity index (χ3v) is 6.35. The van der Waals surface area contributed by atoms with Crippen molar-refractivity contribution in [3.05, 3.63) is 70.1 Å². The first-order chi connectivity index (χ1) is 12.4. The van der Waals surface area contributed by atoms with Crippen molar-refractivity contribution in [2.45, 2.75) is 4.90 Å². The quantitative estimate of drug-likeness (QED) is 0.564. The summed E-state index contributed by atoms with van der Waals surface area (Å²) >= 11 is 5.97. The monoisotopic (exact) mass is 387 g/mol. The Kier molecular flexibility index (Phi) is 3.78. The molecule has 0 aliphatic rings. The number of sulfonamides is 1. The highest BCUT2D eigenvalue weighted by Gasteiger charge is 2.22. The van der Waals surface area contributed by atoms with E-state index >= 15 is 0 Å². The van der Waals surface area contributed by atoms with Gasteiger partial charge < -0.3 is 9.97 Å². The van der Waals surface area contributed by atoms with Gasteiger partial charge in [-0.3, -0.25) is 9.10 Å². The number of hydrogen-bond donors (Lipinski definition) is 2. The van der Waals surface area contributed by atoms with Crippen molar-refractivity contribution in [2.24, 2.45) is 0 Å². The zero-order valence-corrected chi connectivity index (χ0v) is 15.2. The number of nitrogens with zero attached hydrogens (tertiary/aromatic N) is 1. The van der Waals surface area contributed by atoms with Gasteiger partial charge in [0, 0.05) is 34.6 Å². The van der Waals surface area contributed by atoms with E-state index < -0.39 is 10.0 Å². The van der Waals surface area contributed by atoms with Crippen LogP contribution < -0.4 is 9.86 Å². The van der Waals surface area contributed by atoms with E-state index in [1.54, 1.807) is 48.7 Å². The van der Waals surface area contributed by atoms with Crippen LogP contribution in [0.15, 0.2) is 64.4 Å². The fourth-order valence-electron chi connectivity index (χ4n) is 2.95. The molecule has 132 valence electrons.